The molecule has 0 radical (unpaired) electrons. The fraction of sp³-hybridized carbons (Fsp3) is 0.263. The van der Waals surface area contributed by atoms with Crippen LogP contribution < -0.4 is 14.8 Å². The van der Waals surface area contributed by atoms with Crippen LogP contribution in [0.1, 0.15) is 24.2 Å². The summed E-state index contributed by atoms with van der Waals surface area (Å²) < 4.78 is 42.2. The third-order valence-corrected chi connectivity index (χ3v) is 3.88. The molecule has 2 aromatic carbocycles. The molecule has 2 aromatic rings. The molecule has 150 valence electrons. The summed E-state index contributed by atoms with van der Waals surface area (Å²) in [4.78, 5) is 24.5. The van der Waals surface area contributed by atoms with Gasteiger partial charge in [-0.3, -0.25) is 4.79 Å². The first-order valence-electron chi connectivity index (χ1n) is 8.24. The lowest BCUT2D eigenvalue weighted by atomic mass is 10.2. The number of hydrogen-bond acceptors (Lipinski definition) is 5. The quantitative estimate of drug-likeness (QED) is 0.688. The Morgan fingerprint density at radius 2 is 1.93 bits per heavy atom. The van der Waals surface area contributed by atoms with Gasteiger partial charge in [-0.2, -0.15) is 0 Å². The topological polar surface area (TPSA) is 73.9 Å². The van der Waals surface area contributed by atoms with Crippen LogP contribution in [0.5, 0.6) is 11.5 Å². The van der Waals surface area contributed by atoms with Gasteiger partial charge >= 0.3 is 5.97 Å². The fourth-order valence-corrected chi connectivity index (χ4v) is 2.49. The predicted octanol–water partition coefficient (Wildman–Crippen LogP) is 4.21. The van der Waals surface area contributed by atoms with Crippen LogP contribution in [0.3, 0.4) is 0 Å². The van der Waals surface area contributed by atoms with Crippen molar-refractivity contribution in [1.82, 2.24) is 0 Å². The first-order chi connectivity index (χ1) is 13.3. The zero-order chi connectivity index (χ0) is 20.8. The average Bonchev–Trinajstić information content (AvgIpc) is 2.65. The van der Waals surface area contributed by atoms with E-state index in [2.05, 4.69) is 5.32 Å². The molecule has 0 fully saturated rings. The third kappa shape index (κ3) is 5.10. The second kappa shape index (κ2) is 9.36. The Hall–Kier alpha value is -2.87. The molecule has 1 amide bonds. The minimum atomic E-state index is -1.26. The number of hydrogen-bond donors (Lipinski definition) is 1. The number of esters is 1. The number of carbonyl (C=O) groups excluding carboxylic acids is 2. The predicted molar refractivity (Wildman–Crippen MR) is 99.0 cm³/mol. The van der Waals surface area contributed by atoms with E-state index < -0.39 is 29.6 Å². The highest BCUT2D eigenvalue weighted by molar-refractivity contribution is 6.32. The molecular weight excluding hydrogens is 396 g/mol. The molecule has 6 nitrogen and oxygen atoms in total. The zero-order valence-corrected chi connectivity index (χ0v) is 16.1. The molecular formula is C19H18ClF2NO5. The molecule has 0 saturated heterocycles. The van der Waals surface area contributed by atoms with Crippen molar-refractivity contribution in [3.63, 3.8) is 0 Å². The van der Waals surface area contributed by atoms with Gasteiger partial charge < -0.3 is 19.5 Å². The van der Waals surface area contributed by atoms with Gasteiger partial charge in [-0.1, -0.05) is 11.6 Å². The Bertz CT molecular complexity index is 891. The van der Waals surface area contributed by atoms with Crippen molar-refractivity contribution >= 4 is 29.2 Å². The number of amides is 1. The van der Waals surface area contributed by atoms with Crippen LogP contribution in [0.2, 0.25) is 5.02 Å². The summed E-state index contributed by atoms with van der Waals surface area (Å²) in [5.41, 5.74) is -0.196. The monoisotopic (exact) mass is 413 g/mol. The van der Waals surface area contributed by atoms with Crippen LogP contribution in [0.25, 0.3) is 0 Å². The SMILES string of the molecule is CCOc1c(Cl)cc(C(=O)O[C@@H](C)C(=O)Nc2ccc(F)cc2F)cc1OC. The van der Waals surface area contributed by atoms with Crippen LogP contribution >= 0.6 is 11.6 Å². The molecule has 1 N–H and O–H groups in total. The second-order valence-electron chi connectivity index (χ2n) is 5.58. The first kappa shape index (κ1) is 21.4. The van der Waals surface area contributed by atoms with E-state index in [4.69, 9.17) is 25.8 Å². The van der Waals surface area contributed by atoms with E-state index in [1.807, 2.05) is 0 Å². The number of benzene rings is 2. The van der Waals surface area contributed by atoms with Gasteiger partial charge in [-0.25, -0.2) is 13.6 Å². The number of ether oxygens (including phenoxy) is 3. The molecule has 0 aromatic heterocycles. The van der Waals surface area contributed by atoms with Gasteiger partial charge in [0.25, 0.3) is 5.91 Å². The summed E-state index contributed by atoms with van der Waals surface area (Å²) in [6.07, 6.45) is -1.26. The van der Waals surface area contributed by atoms with Gasteiger partial charge in [-0.05, 0) is 38.1 Å². The molecule has 28 heavy (non-hydrogen) atoms. The number of halogens is 3. The van der Waals surface area contributed by atoms with Crippen molar-refractivity contribution in [3.05, 3.63) is 52.6 Å². The van der Waals surface area contributed by atoms with Gasteiger partial charge in [0, 0.05) is 6.07 Å². The maximum absolute atomic E-state index is 13.6. The molecule has 0 heterocycles. The fourth-order valence-electron chi connectivity index (χ4n) is 2.23. The second-order valence-corrected chi connectivity index (χ2v) is 5.99. The minimum Gasteiger partial charge on any atom is -0.493 e. The normalized spacial score (nSPS) is 11.5. The molecule has 0 aliphatic rings. The summed E-state index contributed by atoms with van der Waals surface area (Å²) in [7, 11) is 1.39. The Labute approximate surface area is 165 Å². The van der Waals surface area contributed by atoms with E-state index in [9.17, 15) is 18.4 Å². The van der Waals surface area contributed by atoms with E-state index in [0.717, 1.165) is 12.1 Å². The van der Waals surface area contributed by atoms with E-state index in [1.54, 1.807) is 6.92 Å². The van der Waals surface area contributed by atoms with Crippen LogP contribution in [0, 0.1) is 11.6 Å². The maximum atomic E-state index is 13.6. The third-order valence-electron chi connectivity index (χ3n) is 3.60. The number of methoxy groups -OCH3 is 1. The Kier molecular flexibility index (Phi) is 7.17. The van der Waals surface area contributed by atoms with Crippen LogP contribution in [-0.4, -0.2) is 31.7 Å². The van der Waals surface area contributed by atoms with Crippen LogP contribution in [0.15, 0.2) is 30.3 Å². The van der Waals surface area contributed by atoms with Crippen LogP contribution in [-0.2, 0) is 9.53 Å². The molecule has 0 saturated carbocycles. The zero-order valence-electron chi connectivity index (χ0n) is 15.3. The van der Waals surface area contributed by atoms with Crippen LogP contribution in [0.4, 0.5) is 14.5 Å². The molecule has 0 unspecified atom stereocenters. The lowest BCUT2D eigenvalue weighted by molar-refractivity contribution is -0.123. The highest BCUT2D eigenvalue weighted by Gasteiger charge is 2.22. The highest BCUT2D eigenvalue weighted by Crippen LogP contribution is 2.36. The minimum absolute atomic E-state index is 0.0397. The van der Waals surface area contributed by atoms with E-state index in [-0.39, 0.29) is 27.8 Å². The highest BCUT2D eigenvalue weighted by atomic mass is 35.5. The van der Waals surface area contributed by atoms with Gasteiger partial charge in [0.15, 0.2) is 17.6 Å². The number of nitrogens with one attached hydrogen (secondary N) is 1. The molecule has 0 spiro atoms. The summed E-state index contributed by atoms with van der Waals surface area (Å²) in [6, 6.07) is 5.36. The number of carbonyl (C=O) groups is 2. The van der Waals surface area contributed by atoms with Gasteiger partial charge in [-0.15, -0.1) is 0 Å². The largest absolute Gasteiger partial charge is 0.493 e. The Balaban J connectivity index is 2.11. The summed E-state index contributed by atoms with van der Waals surface area (Å²) in [5, 5.41) is 2.36. The number of anilines is 1. The van der Waals surface area contributed by atoms with Gasteiger partial charge in [0.2, 0.25) is 0 Å². The van der Waals surface area contributed by atoms with Crippen molar-refractivity contribution in [2.24, 2.45) is 0 Å². The van der Waals surface area contributed by atoms with E-state index in [1.165, 1.54) is 26.2 Å². The van der Waals surface area contributed by atoms with Gasteiger partial charge in [0.05, 0.1) is 30.0 Å². The van der Waals surface area contributed by atoms with E-state index in [0.29, 0.717) is 12.7 Å². The molecule has 9 heteroatoms. The summed E-state index contributed by atoms with van der Waals surface area (Å²) in [6.45, 7) is 3.42. The maximum Gasteiger partial charge on any atom is 0.339 e. The van der Waals surface area contributed by atoms with Crippen molar-refractivity contribution < 1.29 is 32.6 Å². The van der Waals surface area contributed by atoms with Crippen molar-refractivity contribution in [2.75, 3.05) is 19.0 Å². The van der Waals surface area contributed by atoms with Gasteiger partial charge in [0.1, 0.15) is 11.6 Å². The lowest BCUT2D eigenvalue weighted by Crippen LogP contribution is -2.30. The molecule has 0 aliphatic heterocycles. The van der Waals surface area contributed by atoms with Crippen molar-refractivity contribution in [2.45, 2.75) is 20.0 Å². The standard InChI is InChI=1S/C19H18ClF2NO5/c1-4-27-17-13(20)7-11(8-16(17)26-3)19(25)28-10(2)18(24)23-15-6-5-12(21)9-14(15)22/h5-10H,4H2,1-3H3,(H,23,24)/t10-/m0/s1. The van der Waals surface area contributed by atoms with Crippen molar-refractivity contribution in [3.8, 4) is 11.5 Å². The Morgan fingerprint density at radius 3 is 2.54 bits per heavy atom. The Morgan fingerprint density at radius 1 is 1.21 bits per heavy atom. The molecule has 0 aliphatic carbocycles. The summed E-state index contributed by atoms with van der Waals surface area (Å²) >= 11 is 6.11. The lowest BCUT2D eigenvalue weighted by Gasteiger charge is -2.16. The molecule has 1 atom stereocenters. The first-order valence-corrected chi connectivity index (χ1v) is 8.61. The summed E-state index contributed by atoms with van der Waals surface area (Å²) in [5.74, 6) is -2.85. The molecule has 0 bridgehead atoms. The smallest absolute Gasteiger partial charge is 0.339 e. The van der Waals surface area contributed by atoms with E-state index >= 15 is 0 Å². The number of rotatable bonds is 7. The molecule has 2 rings (SSSR count). The average molecular weight is 414 g/mol. The van der Waals surface area contributed by atoms with Crippen molar-refractivity contribution in [1.29, 1.82) is 0 Å².